The lowest BCUT2D eigenvalue weighted by Gasteiger charge is -2.10. The highest BCUT2D eigenvalue weighted by atomic mass is 19.1. The molecule has 94 valence electrons. The largest absolute Gasteiger partial charge is 0.489 e. The molecule has 0 bridgehead atoms. The van der Waals surface area contributed by atoms with Gasteiger partial charge in [0.25, 0.3) is 0 Å². The van der Waals surface area contributed by atoms with Crippen molar-refractivity contribution >= 4 is 0 Å². The lowest BCUT2D eigenvalue weighted by Crippen LogP contribution is -2.00. The van der Waals surface area contributed by atoms with Crippen molar-refractivity contribution in [3.8, 4) is 5.75 Å². The quantitative estimate of drug-likeness (QED) is 0.898. The Morgan fingerprint density at radius 2 is 1.89 bits per heavy atom. The Hall–Kier alpha value is -1.87. The molecule has 2 N–H and O–H groups in total. The van der Waals surface area contributed by atoms with Crippen molar-refractivity contribution in [1.29, 1.82) is 0 Å². The first kappa shape index (κ1) is 12.6. The Morgan fingerprint density at radius 1 is 1.11 bits per heavy atom. The number of rotatable bonds is 4. The smallest absolute Gasteiger partial charge is 0.126 e. The fraction of sp³-hybridized carbons (Fsp3) is 0.200. The first-order chi connectivity index (χ1) is 8.69. The molecule has 0 aliphatic rings. The van der Waals surface area contributed by atoms with Gasteiger partial charge >= 0.3 is 0 Å². The fourth-order valence-electron chi connectivity index (χ4n) is 1.74. The molecule has 2 aromatic rings. The van der Waals surface area contributed by atoms with Crippen molar-refractivity contribution in [2.24, 2.45) is 5.73 Å². The SMILES string of the molecule is Cc1ccc(F)cc1OCc1cccc(CN)c1. The fourth-order valence-corrected chi connectivity index (χ4v) is 1.74. The van der Waals surface area contributed by atoms with Crippen molar-refractivity contribution in [2.45, 2.75) is 20.1 Å². The zero-order chi connectivity index (χ0) is 13.0. The molecule has 0 saturated heterocycles. The Balaban J connectivity index is 2.08. The highest BCUT2D eigenvalue weighted by Crippen LogP contribution is 2.20. The van der Waals surface area contributed by atoms with Gasteiger partial charge in [-0.3, -0.25) is 0 Å². The summed E-state index contributed by atoms with van der Waals surface area (Å²) in [5.74, 6) is 0.291. The van der Waals surface area contributed by atoms with Crippen molar-refractivity contribution < 1.29 is 9.13 Å². The molecule has 0 radical (unpaired) electrons. The lowest BCUT2D eigenvalue weighted by molar-refractivity contribution is 0.302. The van der Waals surface area contributed by atoms with Crippen molar-refractivity contribution in [3.05, 3.63) is 65.0 Å². The van der Waals surface area contributed by atoms with E-state index >= 15 is 0 Å². The van der Waals surface area contributed by atoms with Crippen LogP contribution in [0.2, 0.25) is 0 Å². The van der Waals surface area contributed by atoms with Crippen LogP contribution in [-0.2, 0) is 13.2 Å². The average molecular weight is 245 g/mol. The monoisotopic (exact) mass is 245 g/mol. The molecule has 0 aliphatic carbocycles. The molecular weight excluding hydrogens is 229 g/mol. The van der Waals surface area contributed by atoms with Crippen LogP contribution in [0.4, 0.5) is 4.39 Å². The van der Waals surface area contributed by atoms with Crippen LogP contribution in [-0.4, -0.2) is 0 Å². The van der Waals surface area contributed by atoms with Gasteiger partial charge in [-0.15, -0.1) is 0 Å². The summed E-state index contributed by atoms with van der Waals surface area (Å²) >= 11 is 0. The minimum Gasteiger partial charge on any atom is -0.489 e. The van der Waals surface area contributed by atoms with E-state index in [0.717, 1.165) is 16.7 Å². The third kappa shape index (κ3) is 3.08. The van der Waals surface area contributed by atoms with Crippen LogP contribution in [0.15, 0.2) is 42.5 Å². The van der Waals surface area contributed by atoms with Crippen molar-refractivity contribution in [2.75, 3.05) is 0 Å². The van der Waals surface area contributed by atoms with E-state index < -0.39 is 0 Å². The van der Waals surface area contributed by atoms with E-state index in [1.54, 1.807) is 6.07 Å². The third-order valence-corrected chi connectivity index (χ3v) is 2.77. The number of benzene rings is 2. The number of nitrogens with two attached hydrogens (primary N) is 1. The second kappa shape index (κ2) is 5.65. The maximum absolute atomic E-state index is 13.1. The Bertz CT molecular complexity index is 540. The van der Waals surface area contributed by atoms with E-state index in [1.165, 1.54) is 12.1 Å². The third-order valence-electron chi connectivity index (χ3n) is 2.77. The zero-order valence-electron chi connectivity index (χ0n) is 10.3. The summed E-state index contributed by atoms with van der Waals surface area (Å²) in [6.45, 7) is 2.82. The van der Waals surface area contributed by atoms with Crippen LogP contribution in [0.25, 0.3) is 0 Å². The molecule has 2 rings (SSSR count). The summed E-state index contributed by atoms with van der Waals surface area (Å²) in [6.07, 6.45) is 0. The molecule has 18 heavy (non-hydrogen) atoms. The summed E-state index contributed by atoms with van der Waals surface area (Å²) in [5.41, 5.74) is 8.59. The maximum atomic E-state index is 13.1. The molecule has 0 heterocycles. The number of ether oxygens (including phenoxy) is 1. The summed E-state index contributed by atoms with van der Waals surface area (Å²) in [4.78, 5) is 0. The minimum absolute atomic E-state index is 0.286. The molecule has 0 spiro atoms. The highest BCUT2D eigenvalue weighted by Gasteiger charge is 2.02. The predicted molar refractivity (Wildman–Crippen MR) is 69.8 cm³/mol. The number of hydrogen-bond donors (Lipinski definition) is 1. The molecule has 2 nitrogen and oxygen atoms in total. The predicted octanol–water partition coefficient (Wildman–Crippen LogP) is 3.17. The molecule has 0 unspecified atom stereocenters. The Kier molecular flexibility index (Phi) is 3.95. The molecule has 0 fully saturated rings. The van der Waals surface area contributed by atoms with Gasteiger partial charge in [-0.1, -0.05) is 30.3 Å². The molecular formula is C15H16FNO. The normalized spacial score (nSPS) is 10.4. The van der Waals surface area contributed by atoms with Gasteiger partial charge in [-0.2, -0.15) is 0 Å². The number of halogens is 1. The van der Waals surface area contributed by atoms with Crippen LogP contribution in [0.5, 0.6) is 5.75 Å². The van der Waals surface area contributed by atoms with Crippen LogP contribution in [0.1, 0.15) is 16.7 Å². The van der Waals surface area contributed by atoms with Crippen LogP contribution < -0.4 is 10.5 Å². The standard InChI is InChI=1S/C15H16FNO/c1-11-5-6-14(16)8-15(11)18-10-13-4-2-3-12(7-13)9-17/h2-8H,9-10,17H2,1H3. The molecule has 0 aliphatic heterocycles. The Morgan fingerprint density at radius 3 is 2.67 bits per heavy atom. The van der Waals surface area contributed by atoms with Gasteiger partial charge in [0.1, 0.15) is 18.2 Å². The first-order valence-corrected chi connectivity index (χ1v) is 5.86. The molecule has 0 aromatic heterocycles. The van der Waals surface area contributed by atoms with E-state index in [0.29, 0.717) is 18.9 Å². The van der Waals surface area contributed by atoms with Crippen LogP contribution in [0, 0.1) is 12.7 Å². The van der Waals surface area contributed by atoms with Gasteiger partial charge in [0.2, 0.25) is 0 Å². The first-order valence-electron chi connectivity index (χ1n) is 5.86. The number of aryl methyl sites for hydroxylation is 1. The van der Waals surface area contributed by atoms with Crippen molar-refractivity contribution in [3.63, 3.8) is 0 Å². The Labute approximate surface area is 106 Å². The van der Waals surface area contributed by atoms with E-state index in [9.17, 15) is 4.39 Å². The highest BCUT2D eigenvalue weighted by molar-refractivity contribution is 5.33. The summed E-state index contributed by atoms with van der Waals surface area (Å²) in [7, 11) is 0. The number of hydrogen-bond acceptors (Lipinski definition) is 2. The second-order valence-electron chi connectivity index (χ2n) is 4.22. The summed E-state index contributed by atoms with van der Waals surface area (Å²) in [6, 6.07) is 12.4. The van der Waals surface area contributed by atoms with Gasteiger partial charge in [-0.25, -0.2) is 4.39 Å². The summed E-state index contributed by atoms with van der Waals surface area (Å²) < 4.78 is 18.7. The van der Waals surface area contributed by atoms with Gasteiger partial charge in [0.15, 0.2) is 0 Å². The van der Waals surface area contributed by atoms with Gasteiger partial charge in [0.05, 0.1) is 0 Å². The zero-order valence-corrected chi connectivity index (χ0v) is 10.3. The molecule has 0 amide bonds. The average Bonchev–Trinajstić information content (AvgIpc) is 2.40. The topological polar surface area (TPSA) is 35.2 Å². The van der Waals surface area contributed by atoms with Gasteiger partial charge < -0.3 is 10.5 Å². The van der Waals surface area contributed by atoms with Crippen LogP contribution in [0.3, 0.4) is 0 Å². The van der Waals surface area contributed by atoms with Gasteiger partial charge in [-0.05, 0) is 29.7 Å². The molecule has 2 aromatic carbocycles. The van der Waals surface area contributed by atoms with Gasteiger partial charge in [0, 0.05) is 12.6 Å². The van der Waals surface area contributed by atoms with E-state index in [1.807, 2.05) is 31.2 Å². The second-order valence-corrected chi connectivity index (χ2v) is 4.22. The summed E-state index contributed by atoms with van der Waals surface area (Å²) in [5, 5.41) is 0. The molecule has 3 heteroatoms. The van der Waals surface area contributed by atoms with E-state index in [2.05, 4.69) is 0 Å². The van der Waals surface area contributed by atoms with E-state index in [4.69, 9.17) is 10.5 Å². The molecule has 0 saturated carbocycles. The molecule has 0 atom stereocenters. The van der Waals surface area contributed by atoms with Crippen molar-refractivity contribution in [1.82, 2.24) is 0 Å². The minimum atomic E-state index is -0.286. The van der Waals surface area contributed by atoms with Crippen LogP contribution >= 0.6 is 0 Å². The lowest BCUT2D eigenvalue weighted by atomic mass is 10.1. The van der Waals surface area contributed by atoms with E-state index in [-0.39, 0.29) is 5.82 Å². The maximum Gasteiger partial charge on any atom is 0.126 e.